The maximum absolute atomic E-state index is 11.7. The summed E-state index contributed by atoms with van der Waals surface area (Å²) in [5, 5.41) is 5.48. The Labute approximate surface area is 123 Å². The summed E-state index contributed by atoms with van der Waals surface area (Å²) in [5.41, 5.74) is 0.562. The molecule has 0 amide bonds. The lowest BCUT2D eigenvalue weighted by atomic mass is 10.1. The number of carbonyl (C=O) groups excluding carboxylic acids is 1. The second kappa shape index (κ2) is 6.10. The van der Waals surface area contributed by atoms with E-state index in [1.54, 1.807) is 6.07 Å². The lowest BCUT2D eigenvalue weighted by Crippen LogP contribution is -2.28. The summed E-state index contributed by atoms with van der Waals surface area (Å²) in [6.07, 6.45) is 2.92. The molecule has 1 aromatic heterocycles. The lowest BCUT2D eigenvalue weighted by Gasteiger charge is -2.22. The molecule has 1 aliphatic heterocycles. The third-order valence-electron chi connectivity index (χ3n) is 3.81. The van der Waals surface area contributed by atoms with Crippen molar-refractivity contribution in [3.05, 3.63) is 36.0 Å². The molecule has 1 saturated heterocycles. The van der Waals surface area contributed by atoms with Gasteiger partial charge in [0.25, 0.3) is 0 Å². The first-order chi connectivity index (χ1) is 10.3. The standard InChI is InChI=1S/C16H19N3O2/c1-21-16(20)13-4-3-12-5-7-18-15(14(12)11-13)19-9-2-6-17-8-10-19/h3-5,7,11,17H,2,6,8-10H2,1H3. The Hall–Kier alpha value is -2.14. The summed E-state index contributed by atoms with van der Waals surface area (Å²) in [6.45, 7) is 3.89. The van der Waals surface area contributed by atoms with Crippen molar-refractivity contribution in [3.63, 3.8) is 0 Å². The maximum Gasteiger partial charge on any atom is 0.337 e. The van der Waals surface area contributed by atoms with Crippen LogP contribution in [0.3, 0.4) is 0 Å². The van der Waals surface area contributed by atoms with Crippen LogP contribution in [-0.4, -0.2) is 44.2 Å². The van der Waals surface area contributed by atoms with Crippen molar-refractivity contribution < 1.29 is 9.53 Å². The highest BCUT2D eigenvalue weighted by Gasteiger charge is 2.15. The Bertz CT molecular complexity index is 649. The van der Waals surface area contributed by atoms with E-state index in [9.17, 15) is 4.79 Å². The van der Waals surface area contributed by atoms with E-state index < -0.39 is 0 Å². The predicted molar refractivity (Wildman–Crippen MR) is 82.8 cm³/mol. The maximum atomic E-state index is 11.7. The van der Waals surface area contributed by atoms with Gasteiger partial charge in [0.2, 0.25) is 0 Å². The van der Waals surface area contributed by atoms with Crippen LogP contribution in [0.5, 0.6) is 0 Å². The molecule has 0 radical (unpaired) electrons. The molecule has 0 aliphatic carbocycles. The van der Waals surface area contributed by atoms with Crippen LogP contribution in [0.4, 0.5) is 5.82 Å². The van der Waals surface area contributed by atoms with Gasteiger partial charge in [-0.1, -0.05) is 6.07 Å². The normalized spacial score (nSPS) is 15.8. The molecular weight excluding hydrogens is 266 g/mol. The molecular formula is C16H19N3O2. The Morgan fingerprint density at radius 2 is 2.19 bits per heavy atom. The average Bonchev–Trinajstić information content (AvgIpc) is 2.82. The van der Waals surface area contributed by atoms with Crippen LogP contribution in [-0.2, 0) is 4.74 Å². The minimum Gasteiger partial charge on any atom is -0.465 e. The van der Waals surface area contributed by atoms with Crippen molar-refractivity contribution in [3.8, 4) is 0 Å². The summed E-state index contributed by atoms with van der Waals surface area (Å²) in [4.78, 5) is 18.6. The van der Waals surface area contributed by atoms with Crippen LogP contribution in [0.2, 0.25) is 0 Å². The molecule has 1 aromatic carbocycles. The fourth-order valence-electron chi connectivity index (χ4n) is 2.71. The van der Waals surface area contributed by atoms with Crippen molar-refractivity contribution in [2.75, 3.05) is 38.2 Å². The quantitative estimate of drug-likeness (QED) is 0.853. The Morgan fingerprint density at radius 1 is 1.29 bits per heavy atom. The smallest absolute Gasteiger partial charge is 0.337 e. The first-order valence-corrected chi connectivity index (χ1v) is 7.22. The van der Waals surface area contributed by atoms with Gasteiger partial charge in [0.15, 0.2) is 0 Å². The van der Waals surface area contributed by atoms with Crippen LogP contribution in [0.1, 0.15) is 16.8 Å². The molecule has 21 heavy (non-hydrogen) atoms. The highest BCUT2D eigenvalue weighted by atomic mass is 16.5. The molecule has 5 nitrogen and oxygen atoms in total. The number of hydrogen-bond donors (Lipinski definition) is 1. The minimum atomic E-state index is -0.316. The molecule has 0 spiro atoms. The van der Waals surface area contributed by atoms with Gasteiger partial charge in [-0.3, -0.25) is 0 Å². The largest absolute Gasteiger partial charge is 0.465 e. The fraction of sp³-hybridized carbons (Fsp3) is 0.375. The fourth-order valence-corrected chi connectivity index (χ4v) is 2.71. The number of ether oxygens (including phenoxy) is 1. The van der Waals surface area contributed by atoms with Gasteiger partial charge in [-0.25, -0.2) is 9.78 Å². The number of hydrogen-bond acceptors (Lipinski definition) is 5. The number of nitrogens with zero attached hydrogens (tertiary/aromatic N) is 2. The number of pyridine rings is 1. The van der Waals surface area contributed by atoms with Gasteiger partial charge in [-0.05, 0) is 36.6 Å². The van der Waals surface area contributed by atoms with Crippen molar-refractivity contribution >= 4 is 22.6 Å². The summed E-state index contributed by atoms with van der Waals surface area (Å²) < 4.78 is 4.81. The molecule has 110 valence electrons. The zero-order chi connectivity index (χ0) is 14.7. The average molecular weight is 285 g/mol. The van der Waals surface area contributed by atoms with E-state index in [0.717, 1.165) is 49.2 Å². The SMILES string of the molecule is COC(=O)c1ccc2ccnc(N3CCCNCC3)c2c1. The number of nitrogens with one attached hydrogen (secondary N) is 1. The van der Waals surface area contributed by atoms with Gasteiger partial charge in [-0.15, -0.1) is 0 Å². The number of rotatable bonds is 2. The topological polar surface area (TPSA) is 54.5 Å². The summed E-state index contributed by atoms with van der Waals surface area (Å²) in [7, 11) is 1.40. The third-order valence-corrected chi connectivity index (χ3v) is 3.81. The summed E-state index contributed by atoms with van der Waals surface area (Å²) in [5.74, 6) is 0.631. The van der Waals surface area contributed by atoms with Crippen LogP contribution in [0, 0.1) is 0 Å². The van der Waals surface area contributed by atoms with E-state index in [1.165, 1.54) is 7.11 Å². The number of anilines is 1. The van der Waals surface area contributed by atoms with Crippen LogP contribution < -0.4 is 10.2 Å². The highest BCUT2D eigenvalue weighted by Crippen LogP contribution is 2.26. The van der Waals surface area contributed by atoms with E-state index in [-0.39, 0.29) is 5.97 Å². The number of carbonyl (C=O) groups is 1. The van der Waals surface area contributed by atoms with Gasteiger partial charge in [0.05, 0.1) is 12.7 Å². The van der Waals surface area contributed by atoms with Crippen molar-refractivity contribution in [1.29, 1.82) is 0 Å². The highest BCUT2D eigenvalue weighted by molar-refractivity contribution is 5.99. The van der Waals surface area contributed by atoms with Crippen LogP contribution in [0.25, 0.3) is 10.8 Å². The van der Waals surface area contributed by atoms with E-state index in [2.05, 4.69) is 15.2 Å². The first kappa shape index (κ1) is 13.8. The second-order valence-corrected chi connectivity index (χ2v) is 5.15. The van der Waals surface area contributed by atoms with Gasteiger partial charge >= 0.3 is 5.97 Å². The van der Waals surface area contributed by atoms with Crippen molar-refractivity contribution in [2.24, 2.45) is 0 Å². The summed E-state index contributed by atoms with van der Waals surface area (Å²) in [6, 6.07) is 7.59. The molecule has 5 heteroatoms. The molecule has 1 aliphatic rings. The van der Waals surface area contributed by atoms with Crippen molar-refractivity contribution in [2.45, 2.75) is 6.42 Å². The molecule has 0 saturated carbocycles. The molecule has 2 aromatic rings. The number of esters is 1. The zero-order valence-electron chi connectivity index (χ0n) is 12.1. The molecule has 0 atom stereocenters. The molecule has 0 unspecified atom stereocenters. The number of aromatic nitrogens is 1. The van der Waals surface area contributed by atoms with E-state index in [0.29, 0.717) is 5.56 Å². The number of benzene rings is 1. The molecule has 1 fully saturated rings. The van der Waals surface area contributed by atoms with Crippen LogP contribution >= 0.6 is 0 Å². The monoisotopic (exact) mass is 285 g/mol. The second-order valence-electron chi connectivity index (χ2n) is 5.15. The molecule has 1 N–H and O–H groups in total. The molecule has 2 heterocycles. The van der Waals surface area contributed by atoms with Crippen LogP contribution in [0.15, 0.2) is 30.5 Å². The molecule has 0 bridgehead atoms. The first-order valence-electron chi connectivity index (χ1n) is 7.22. The van der Waals surface area contributed by atoms with Gasteiger partial charge in [0, 0.05) is 31.2 Å². The van der Waals surface area contributed by atoms with Gasteiger partial charge in [0.1, 0.15) is 5.82 Å². The lowest BCUT2D eigenvalue weighted by molar-refractivity contribution is 0.0601. The predicted octanol–water partition coefficient (Wildman–Crippen LogP) is 1.82. The van der Waals surface area contributed by atoms with Gasteiger partial charge < -0.3 is 15.0 Å². The third kappa shape index (κ3) is 2.83. The van der Waals surface area contributed by atoms with E-state index >= 15 is 0 Å². The van der Waals surface area contributed by atoms with E-state index in [1.807, 2.05) is 24.4 Å². The van der Waals surface area contributed by atoms with Gasteiger partial charge in [-0.2, -0.15) is 0 Å². The van der Waals surface area contributed by atoms with E-state index in [4.69, 9.17) is 4.74 Å². The number of methoxy groups -OCH3 is 1. The Morgan fingerprint density at radius 3 is 3.05 bits per heavy atom. The number of fused-ring (bicyclic) bond motifs is 1. The minimum absolute atomic E-state index is 0.316. The Balaban J connectivity index is 2.06. The molecule has 3 rings (SSSR count). The zero-order valence-corrected chi connectivity index (χ0v) is 12.1. The Kier molecular flexibility index (Phi) is 4.01. The summed E-state index contributed by atoms with van der Waals surface area (Å²) >= 11 is 0. The van der Waals surface area contributed by atoms with Crippen molar-refractivity contribution in [1.82, 2.24) is 10.3 Å².